The highest BCUT2D eigenvalue weighted by Gasteiger charge is 2.11. The van der Waals surface area contributed by atoms with Gasteiger partial charge >= 0.3 is 0 Å². The van der Waals surface area contributed by atoms with Gasteiger partial charge in [-0.15, -0.1) is 11.8 Å². The van der Waals surface area contributed by atoms with Crippen LogP contribution in [0.4, 0.5) is 0 Å². The van der Waals surface area contributed by atoms with Crippen molar-refractivity contribution in [3.05, 3.63) is 18.2 Å². The quantitative estimate of drug-likeness (QED) is 0.634. The van der Waals surface area contributed by atoms with Gasteiger partial charge in [0, 0.05) is 23.2 Å². The molecule has 0 aliphatic carbocycles. The van der Waals surface area contributed by atoms with E-state index in [9.17, 15) is 0 Å². The average Bonchev–Trinajstić information content (AvgIpc) is 2.43. The molecule has 1 N–H and O–H groups in total. The Hall–Kier alpha value is -0.870. The third-order valence-electron chi connectivity index (χ3n) is 2.99. The van der Waals surface area contributed by atoms with Gasteiger partial charge in [0.05, 0.1) is 0 Å². The Morgan fingerprint density at radius 1 is 1.28 bits per heavy atom. The summed E-state index contributed by atoms with van der Waals surface area (Å²) in [6.07, 6.45) is 1.18. The fourth-order valence-corrected chi connectivity index (χ4v) is 2.54. The predicted octanol–water partition coefficient (Wildman–Crippen LogP) is 2.94. The molecule has 0 bridgehead atoms. The monoisotopic (exact) mass is 267 g/mol. The number of benzene rings is 1. The summed E-state index contributed by atoms with van der Waals surface area (Å²) < 4.78 is 11.1. The van der Waals surface area contributed by atoms with E-state index in [1.165, 1.54) is 11.3 Å². The number of rotatable bonds is 6. The van der Waals surface area contributed by atoms with Gasteiger partial charge in [-0.1, -0.05) is 6.92 Å². The van der Waals surface area contributed by atoms with E-state index in [1.807, 2.05) is 17.8 Å². The van der Waals surface area contributed by atoms with Gasteiger partial charge in [0.15, 0.2) is 11.5 Å². The molecule has 0 saturated heterocycles. The molecule has 1 unspecified atom stereocenters. The Morgan fingerprint density at radius 3 is 2.83 bits per heavy atom. The molecule has 3 nitrogen and oxygen atoms in total. The van der Waals surface area contributed by atoms with E-state index in [4.69, 9.17) is 9.47 Å². The van der Waals surface area contributed by atoms with Gasteiger partial charge in [-0.3, -0.25) is 0 Å². The fraction of sp³-hybridized carbons (Fsp3) is 0.571. The lowest BCUT2D eigenvalue weighted by Gasteiger charge is -2.18. The molecule has 1 atom stereocenters. The van der Waals surface area contributed by atoms with E-state index in [0.29, 0.717) is 19.3 Å². The first kappa shape index (κ1) is 13.6. The van der Waals surface area contributed by atoms with E-state index < -0.39 is 0 Å². The zero-order chi connectivity index (χ0) is 12.8. The van der Waals surface area contributed by atoms with E-state index in [-0.39, 0.29) is 0 Å². The van der Waals surface area contributed by atoms with Crippen LogP contribution in [0.25, 0.3) is 0 Å². The maximum absolute atomic E-state index is 5.57. The second-order valence-electron chi connectivity index (χ2n) is 4.42. The Kier molecular flexibility index (Phi) is 5.20. The molecular formula is C14H21NO2S. The molecule has 2 rings (SSSR count). The van der Waals surface area contributed by atoms with Crippen LogP contribution in [0.5, 0.6) is 11.5 Å². The van der Waals surface area contributed by atoms with Crippen molar-refractivity contribution in [1.29, 1.82) is 0 Å². The summed E-state index contributed by atoms with van der Waals surface area (Å²) in [5, 5.41) is 3.49. The van der Waals surface area contributed by atoms with Crippen molar-refractivity contribution in [3.8, 4) is 11.5 Å². The van der Waals surface area contributed by atoms with Gasteiger partial charge in [-0.05, 0) is 31.5 Å². The van der Waals surface area contributed by atoms with Gasteiger partial charge in [0.2, 0.25) is 0 Å². The minimum atomic E-state index is 0.603. The minimum absolute atomic E-state index is 0.603. The number of hydrogen-bond acceptors (Lipinski definition) is 4. The minimum Gasteiger partial charge on any atom is -0.486 e. The molecule has 0 radical (unpaired) electrons. The molecule has 1 heterocycles. The zero-order valence-electron chi connectivity index (χ0n) is 11.1. The van der Waals surface area contributed by atoms with Crippen molar-refractivity contribution in [3.63, 3.8) is 0 Å². The average molecular weight is 267 g/mol. The number of ether oxygens (including phenoxy) is 2. The highest BCUT2D eigenvalue weighted by atomic mass is 32.2. The fourth-order valence-electron chi connectivity index (χ4n) is 1.73. The standard InChI is InChI=1S/C14H21NO2S/c1-3-11(2)15-6-9-18-12-4-5-13-14(10-12)17-8-7-16-13/h4-5,10-11,15H,3,6-9H2,1-2H3. The molecule has 0 amide bonds. The summed E-state index contributed by atoms with van der Waals surface area (Å²) in [6, 6.07) is 6.77. The predicted molar refractivity (Wildman–Crippen MR) is 75.9 cm³/mol. The molecular weight excluding hydrogens is 246 g/mol. The normalized spacial score (nSPS) is 15.4. The van der Waals surface area contributed by atoms with E-state index in [2.05, 4.69) is 31.3 Å². The van der Waals surface area contributed by atoms with Crippen molar-refractivity contribution in [2.45, 2.75) is 31.2 Å². The van der Waals surface area contributed by atoms with Gasteiger partial charge in [-0.2, -0.15) is 0 Å². The summed E-state index contributed by atoms with van der Waals surface area (Å²) in [7, 11) is 0. The summed E-state index contributed by atoms with van der Waals surface area (Å²) in [6.45, 7) is 6.75. The molecule has 18 heavy (non-hydrogen) atoms. The third kappa shape index (κ3) is 3.82. The summed E-state index contributed by atoms with van der Waals surface area (Å²) >= 11 is 1.85. The molecule has 0 saturated carbocycles. The van der Waals surface area contributed by atoms with Crippen molar-refractivity contribution in [2.24, 2.45) is 0 Å². The van der Waals surface area contributed by atoms with E-state index >= 15 is 0 Å². The van der Waals surface area contributed by atoms with Crippen LogP contribution in [0.1, 0.15) is 20.3 Å². The van der Waals surface area contributed by atoms with Crippen molar-refractivity contribution < 1.29 is 9.47 Å². The van der Waals surface area contributed by atoms with Crippen molar-refractivity contribution >= 4 is 11.8 Å². The highest BCUT2D eigenvalue weighted by Crippen LogP contribution is 2.33. The van der Waals surface area contributed by atoms with Crippen LogP contribution in [0.3, 0.4) is 0 Å². The topological polar surface area (TPSA) is 30.5 Å². The van der Waals surface area contributed by atoms with Crippen LogP contribution in [0.2, 0.25) is 0 Å². The number of nitrogens with one attached hydrogen (secondary N) is 1. The summed E-state index contributed by atoms with van der Waals surface area (Å²) in [4.78, 5) is 1.24. The van der Waals surface area contributed by atoms with Gasteiger partial charge in [0.1, 0.15) is 13.2 Å². The summed E-state index contributed by atoms with van der Waals surface area (Å²) in [5.74, 6) is 2.81. The molecule has 0 aromatic heterocycles. The number of thioether (sulfide) groups is 1. The maximum atomic E-state index is 5.57. The number of fused-ring (bicyclic) bond motifs is 1. The Morgan fingerprint density at radius 2 is 2.06 bits per heavy atom. The Balaban J connectivity index is 1.79. The SMILES string of the molecule is CCC(C)NCCSc1ccc2c(c1)OCCO2. The maximum Gasteiger partial charge on any atom is 0.162 e. The highest BCUT2D eigenvalue weighted by molar-refractivity contribution is 7.99. The second-order valence-corrected chi connectivity index (χ2v) is 5.59. The van der Waals surface area contributed by atoms with Crippen LogP contribution in [-0.2, 0) is 0 Å². The Labute approximate surface area is 113 Å². The van der Waals surface area contributed by atoms with E-state index in [1.54, 1.807) is 0 Å². The lowest BCUT2D eigenvalue weighted by Crippen LogP contribution is -2.27. The molecule has 1 aliphatic heterocycles. The number of hydrogen-bond donors (Lipinski definition) is 1. The van der Waals surface area contributed by atoms with Crippen LogP contribution >= 0.6 is 11.8 Å². The first-order valence-corrected chi connectivity index (χ1v) is 7.54. The molecule has 1 aromatic carbocycles. The van der Waals surface area contributed by atoms with Crippen LogP contribution < -0.4 is 14.8 Å². The van der Waals surface area contributed by atoms with Crippen LogP contribution in [0.15, 0.2) is 23.1 Å². The van der Waals surface area contributed by atoms with Gasteiger partial charge in [0.25, 0.3) is 0 Å². The Bertz CT molecular complexity index is 384. The molecule has 0 spiro atoms. The third-order valence-corrected chi connectivity index (χ3v) is 3.99. The lowest BCUT2D eigenvalue weighted by molar-refractivity contribution is 0.171. The second kappa shape index (κ2) is 6.90. The van der Waals surface area contributed by atoms with Gasteiger partial charge in [-0.25, -0.2) is 0 Å². The van der Waals surface area contributed by atoms with Gasteiger partial charge < -0.3 is 14.8 Å². The van der Waals surface area contributed by atoms with Crippen LogP contribution in [-0.4, -0.2) is 31.6 Å². The molecule has 100 valence electrons. The van der Waals surface area contributed by atoms with Crippen molar-refractivity contribution in [2.75, 3.05) is 25.5 Å². The van der Waals surface area contributed by atoms with Crippen molar-refractivity contribution in [1.82, 2.24) is 5.32 Å². The lowest BCUT2D eigenvalue weighted by atomic mass is 10.3. The first-order chi connectivity index (χ1) is 8.79. The largest absolute Gasteiger partial charge is 0.486 e. The smallest absolute Gasteiger partial charge is 0.162 e. The van der Waals surface area contributed by atoms with Crippen LogP contribution in [0, 0.1) is 0 Å². The zero-order valence-corrected chi connectivity index (χ0v) is 11.9. The van der Waals surface area contributed by atoms with E-state index in [0.717, 1.165) is 23.8 Å². The molecule has 1 aromatic rings. The molecule has 0 fully saturated rings. The molecule has 1 aliphatic rings. The first-order valence-electron chi connectivity index (χ1n) is 6.55. The summed E-state index contributed by atoms with van der Waals surface area (Å²) in [5.41, 5.74) is 0. The molecule has 4 heteroatoms.